The molecule has 1 aromatic carbocycles. The Morgan fingerprint density at radius 3 is 2.30 bits per heavy atom. The van der Waals surface area contributed by atoms with Crippen LogP contribution in [0, 0.1) is 0 Å². The Bertz CT molecular complexity index is 582. The third-order valence-electron chi connectivity index (χ3n) is 2.42. The molecule has 0 fully saturated rings. The number of rotatable bonds is 4. The third-order valence-corrected chi connectivity index (χ3v) is 5.02. The topological polar surface area (TPSA) is 63.4 Å². The maximum absolute atomic E-state index is 12.2. The van der Waals surface area contributed by atoms with E-state index in [0.717, 1.165) is 19.2 Å². The van der Waals surface area contributed by atoms with Gasteiger partial charge < -0.3 is 5.73 Å². The lowest BCUT2D eigenvalue weighted by atomic mass is 10.3. The van der Waals surface area contributed by atoms with Crippen LogP contribution in [0.3, 0.4) is 0 Å². The Hall–Kier alpha value is -0.700. The summed E-state index contributed by atoms with van der Waals surface area (Å²) in [7, 11) is -3.20. The van der Waals surface area contributed by atoms with E-state index in [2.05, 4.69) is 0 Å². The molecule has 0 amide bonds. The molecule has 0 saturated carbocycles. The van der Waals surface area contributed by atoms with Gasteiger partial charge in [-0.05, 0) is 12.1 Å². The van der Waals surface area contributed by atoms with E-state index >= 15 is 0 Å². The largest absolute Gasteiger partial charge is 0.398 e. The Balaban J connectivity index is 3.11. The normalized spacial score (nSPS) is 12.9. The second-order valence-electron chi connectivity index (χ2n) is 4.00. The molecule has 0 radical (unpaired) electrons. The summed E-state index contributed by atoms with van der Waals surface area (Å²) < 4.78 is 61.2. The molecule has 0 unspecified atom stereocenters. The highest BCUT2D eigenvalue weighted by Gasteiger charge is 2.32. The Kier molecular flexibility index (Phi) is 5.18. The number of anilines is 1. The van der Waals surface area contributed by atoms with Crippen molar-refractivity contribution in [3.05, 3.63) is 22.2 Å². The van der Waals surface area contributed by atoms with Gasteiger partial charge in [-0.2, -0.15) is 13.2 Å². The summed E-state index contributed by atoms with van der Waals surface area (Å²) in [5.74, 6) is 0. The molecule has 0 saturated heterocycles. The predicted octanol–water partition coefficient (Wildman–Crippen LogP) is 3.15. The third kappa shape index (κ3) is 4.15. The lowest BCUT2D eigenvalue weighted by Crippen LogP contribution is -2.31. The van der Waals surface area contributed by atoms with Crippen molar-refractivity contribution in [2.75, 3.05) is 19.3 Å². The van der Waals surface area contributed by atoms with Gasteiger partial charge in [-0.15, -0.1) is 0 Å². The van der Waals surface area contributed by atoms with Gasteiger partial charge in [0.25, 0.3) is 0 Å². The molecular formula is C10H11Cl2F3N2O2S. The van der Waals surface area contributed by atoms with Crippen LogP contribution >= 0.6 is 23.2 Å². The molecule has 20 heavy (non-hydrogen) atoms. The van der Waals surface area contributed by atoms with Crippen LogP contribution in [0.4, 0.5) is 18.9 Å². The van der Waals surface area contributed by atoms with Crippen molar-refractivity contribution in [2.24, 2.45) is 0 Å². The molecule has 4 nitrogen and oxygen atoms in total. The number of hydrogen-bond acceptors (Lipinski definition) is 3. The monoisotopic (exact) mass is 350 g/mol. The van der Waals surface area contributed by atoms with Crippen molar-refractivity contribution in [1.82, 2.24) is 4.31 Å². The minimum atomic E-state index is -4.46. The molecule has 2 N–H and O–H groups in total. The number of sulfonamides is 1. The standard InChI is InChI=1S/C10H11Cl2F3N2O2S/c1-17(3-2-10(13,14)15)20(18,19)9-7(12)4-6(11)5-8(9)16/h4-5H,2-3,16H2,1H3. The average Bonchev–Trinajstić information content (AvgIpc) is 2.22. The minimum Gasteiger partial charge on any atom is -0.398 e. The second kappa shape index (κ2) is 5.97. The maximum atomic E-state index is 12.2. The fourth-order valence-corrected chi connectivity index (χ4v) is 3.52. The van der Waals surface area contributed by atoms with Gasteiger partial charge >= 0.3 is 6.18 Å². The van der Waals surface area contributed by atoms with E-state index in [0.29, 0.717) is 4.31 Å². The van der Waals surface area contributed by atoms with Crippen molar-refractivity contribution in [3.63, 3.8) is 0 Å². The average molecular weight is 351 g/mol. The van der Waals surface area contributed by atoms with E-state index in [4.69, 9.17) is 28.9 Å². The molecule has 0 spiro atoms. The highest BCUT2D eigenvalue weighted by atomic mass is 35.5. The molecule has 0 heterocycles. The van der Waals surface area contributed by atoms with Crippen molar-refractivity contribution in [2.45, 2.75) is 17.5 Å². The summed E-state index contributed by atoms with van der Waals surface area (Å²) in [6.07, 6.45) is -5.73. The first-order valence-corrected chi connectivity index (χ1v) is 7.42. The maximum Gasteiger partial charge on any atom is 0.390 e. The van der Waals surface area contributed by atoms with Crippen LogP contribution in [0.15, 0.2) is 17.0 Å². The molecule has 0 aliphatic carbocycles. The fourth-order valence-electron chi connectivity index (χ4n) is 1.41. The number of nitrogens with two attached hydrogens (primary N) is 1. The van der Waals surface area contributed by atoms with Crippen LogP contribution in [0.25, 0.3) is 0 Å². The van der Waals surface area contributed by atoms with Crippen molar-refractivity contribution in [1.29, 1.82) is 0 Å². The SMILES string of the molecule is CN(CCC(F)(F)F)S(=O)(=O)c1c(N)cc(Cl)cc1Cl. The fraction of sp³-hybridized carbons (Fsp3) is 0.400. The van der Waals surface area contributed by atoms with Crippen molar-refractivity contribution < 1.29 is 21.6 Å². The van der Waals surface area contributed by atoms with Crippen LogP contribution in [0.1, 0.15) is 6.42 Å². The zero-order valence-corrected chi connectivity index (χ0v) is 12.5. The Labute approximate surface area is 124 Å². The van der Waals surface area contributed by atoms with E-state index < -0.39 is 34.1 Å². The first kappa shape index (κ1) is 17.4. The highest BCUT2D eigenvalue weighted by molar-refractivity contribution is 7.89. The van der Waals surface area contributed by atoms with Crippen molar-refractivity contribution in [3.8, 4) is 0 Å². The molecular weight excluding hydrogens is 340 g/mol. The van der Waals surface area contributed by atoms with Gasteiger partial charge in [-0.25, -0.2) is 12.7 Å². The summed E-state index contributed by atoms with van der Waals surface area (Å²) in [6, 6.07) is 2.32. The van der Waals surface area contributed by atoms with E-state index in [-0.39, 0.29) is 15.7 Å². The summed E-state index contributed by atoms with van der Waals surface area (Å²) in [6.45, 7) is -0.732. The van der Waals surface area contributed by atoms with Gasteiger partial charge in [0, 0.05) is 18.6 Å². The van der Waals surface area contributed by atoms with E-state index in [1.807, 2.05) is 0 Å². The molecule has 0 aliphatic heterocycles. The van der Waals surface area contributed by atoms with Crippen LogP contribution in [0.2, 0.25) is 10.0 Å². The van der Waals surface area contributed by atoms with E-state index in [1.54, 1.807) is 0 Å². The lowest BCUT2D eigenvalue weighted by Gasteiger charge is -2.20. The Morgan fingerprint density at radius 2 is 1.85 bits per heavy atom. The quantitative estimate of drug-likeness (QED) is 0.848. The smallest absolute Gasteiger partial charge is 0.390 e. The van der Waals surface area contributed by atoms with Gasteiger partial charge in [-0.3, -0.25) is 0 Å². The molecule has 10 heteroatoms. The molecule has 1 rings (SSSR count). The first-order chi connectivity index (χ1) is 8.95. The molecule has 0 atom stereocenters. The van der Waals surface area contributed by atoms with Crippen LogP contribution in [-0.4, -0.2) is 32.5 Å². The molecule has 114 valence electrons. The number of nitrogen functional groups attached to an aromatic ring is 1. The lowest BCUT2D eigenvalue weighted by molar-refractivity contribution is -0.135. The van der Waals surface area contributed by atoms with Crippen molar-refractivity contribution >= 4 is 38.9 Å². The summed E-state index contributed by atoms with van der Waals surface area (Å²) in [5, 5.41) is -0.113. The highest BCUT2D eigenvalue weighted by Crippen LogP contribution is 2.33. The van der Waals surface area contributed by atoms with Gasteiger partial charge in [0.15, 0.2) is 0 Å². The number of benzene rings is 1. The number of nitrogens with zero attached hydrogens (tertiary/aromatic N) is 1. The van der Waals surface area contributed by atoms with Gasteiger partial charge in [0.1, 0.15) is 4.90 Å². The Morgan fingerprint density at radius 1 is 1.30 bits per heavy atom. The zero-order chi connectivity index (χ0) is 15.7. The summed E-state index contributed by atoms with van der Waals surface area (Å²) in [4.78, 5) is -0.451. The molecule has 1 aromatic rings. The summed E-state index contributed by atoms with van der Waals surface area (Å²) in [5.41, 5.74) is 5.31. The van der Waals surface area contributed by atoms with Crippen LogP contribution in [0.5, 0.6) is 0 Å². The van der Waals surface area contributed by atoms with Crippen LogP contribution < -0.4 is 5.73 Å². The van der Waals surface area contributed by atoms with Gasteiger partial charge in [0.05, 0.1) is 17.1 Å². The number of hydrogen-bond donors (Lipinski definition) is 1. The number of halogens is 5. The zero-order valence-electron chi connectivity index (χ0n) is 10.2. The van der Waals surface area contributed by atoms with E-state index in [1.165, 1.54) is 0 Å². The number of alkyl halides is 3. The minimum absolute atomic E-state index is 0.129. The summed E-state index contributed by atoms with van der Waals surface area (Å²) >= 11 is 11.4. The van der Waals surface area contributed by atoms with Crippen LogP contribution in [-0.2, 0) is 10.0 Å². The predicted molar refractivity (Wildman–Crippen MR) is 71.4 cm³/mol. The first-order valence-electron chi connectivity index (χ1n) is 5.23. The van der Waals surface area contributed by atoms with Gasteiger partial charge in [0.2, 0.25) is 10.0 Å². The molecule has 0 aromatic heterocycles. The van der Waals surface area contributed by atoms with Gasteiger partial charge in [-0.1, -0.05) is 23.2 Å². The molecule has 0 aliphatic rings. The second-order valence-corrected chi connectivity index (χ2v) is 6.82. The molecule has 0 bridgehead atoms. The van der Waals surface area contributed by atoms with E-state index in [9.17, 15) is 21.6 Å².